The van der Waals surface area contributed by atoms with Crippen LogP contribution in [0.15, 0.2) is 31.6 Å². The van der Waals surface area contributed by atoms with Crippen molar-refractivity contribution in [3.63, 3.8) is 0 Å². The van der Waals surface area contributed by atoms with Crippen molar-refractivity contribution in [2.75, 3.05) is 52.4 Å². The minimum absolute atomic E-state index is 0. The first kappa shape index (κ1) is 86.1. The van der Waals surface area contributed by atoms with Gasteiger partial charge in [-0.15, -0.1) is 52.4 Å². The molecular weight excluding hydrogens is 1490 g/mol. The summed E-state index contributed by atoms with van der Waals surface area (Å²) in [6, 6.07) is 0.780. The molecule has 0 amide bonds. The van der Waals surface area contributed by atoms with Gasteiger partial charge in [-0.2, -0.15) is 20.4 Å². The average molecular weight is 1580 g/mol. The van der Waals surface area contributed by atoms with Crippen LogP contribution in [-0.4, -0.2) is 165 Å². The van der Waals surface area contributed by atoms with E-state index in [1.807, 2.05) is 32.6 Å². The van der Waals surface area contributed by atoms with E-state index >= 15 is 0 Å². The number of aromatic amines is 4. The molecule has 12 heterocycles. The van der Waals surface area contributed by atoms with Crippen molar-refractivity contribution in [1.82, 2.24) is 79.0 Å². The van der Waals surface area contributed by atoms with Gasteiger partial charge in [-0.25, -0.2) is 38.7 Å². The third kappa shape index (κ3) is 20.1. The normalized spacial score (nSPS) is 20.2. The Labute approximate surface area is 659 Å². The largest absolute Gasteiger partial charge is 0.662 e. The van der Waals surface area contributed by atoms with E-state index in [9.17, 15) is 19.2 Å². The molecule has 2 aliphatic carbocycles. The monoisotopic (exact) mass is 1580 g/mol. The quantitative estimate of drug-likeness (QED) is 0.113. The van der Waals surface area contributed by atoms with Crippen LogP contribution in [0.3, 0.4) is 0 Å². The van der Waals surface area contributed by atoms with Crippen LogP contribution >= 0.6 is 0 Å². The zero-order chi connectivity index (χ0) is 60.3. The Morgan fingerprint density at radius 1 is 0.394 bits per heavy atom. The van der Waals surface area contributed by atoms with E-state index in [0.29, 0.717) is 44.9 Å². The summed E-state index contributed by atoms with van der Waals surface area (Å²) >= 11 is 0. The Morgan fingerprint density at radius 3 is 1.14 bits per heavy atom. The molecule has 0 aromatic carbocycles. The summed E-state index contributed by atoms with van der Waals surface area (Å²) < 4.78 is 7.70. The maximum Gasteiger partial charge on any atom is 0.262 e. The first-order valence-electron chi connectivity index (χ1n) is 31.9. The third-order valence-corrected chi connectivity index (χ3v) is 18.0. The summed E-state index contributed by atoms with van der Waals surface area (Å²) in [5.41, 5.74) is 3.70. The maximum atomic E-state index is 12.6. The Balaban J connectivity index is 0.000000318. The molecule has 8 aromatic rings. The van der Waals surface area contributed by atoms with Crippen LogP contribution in [0.25, 0.3) is 65.4 Å². The molecule has 0 bridgehead atoms. The van der Waals surface area contributed by atoms with Crippen LogP contribution in [0.5, 0.6) is 0 Å². The Bertz CT molecular complexity index is 3890. The van der Waals surface area contributed by atoms with Gasteiger partial charge in [0, 0.05) is 164 Å². The predicted octanol–water partition coefficient (Wildman–Crippen LogP) is 9.09. The van der Waals surface area contributed by atoms with Crippen LogP contribution in [0, 0.1) is 13.8 Å². The molecule has 4 atom stereocenters. The van der Waals surface area contributed by atoms with Gasteiger partial charge < -0.3 is 41.2 Å². The second-order valence-electron chi connectivity index (χ2n) is 26.7. The van der Waals surface area contributed by atoms with Crippen molar-refractivity contribution in [2.24, 2.45) is 0 Å². The van der Waals surface area contributed by atoms with Crippen molar-refractivity contribution in [3.8, 4) is 0 Å². The molecule has 4 unspecified atom stereocenters. The molecule has 8 aromatic heterocycles. The molecule has 4 saturated heterocycles. The van der Waals surface area contributed by atoms with Crippen LogP contribution in [0.2, 0.25) is 0 Å². The number of hydrogen-bond acceptors (Lipinski definition) is 12. The van der Waals surface area contributed by atoms with E-state index in [1.165, 1.54) is 38.5 Å². The van der Waals surface area contributed by atoms with Gasteiger partial charge >= 0.3 is 0 Å². The molecule has 2 saturated carbocycles. The molecule has 16 radical (unpaired) electrons. The minimum atomic E-state index is -0.207. The number of aromatic nitrogens is 16. The first-order chi connectivity index (χ1) is 41.4. The first-order valence-corrected chi connectivity index (χ1v) is 31.9. The molecule has 0 spiro atoms. The molecule has 488 valence electrons. The zero-order valence-electron chi connectivity index (χ0n) is 56.4. The second-order valence-corrected chi connectivity index (χ2v) is 26.7. The van der Waals surface area contributed by atoms with E-state index in [1.54, 1.807) is 12.4 Å². The number of nitrogens with one attached hydrogen (secondary N) is 4. The van der Waals surface area contributed by atoms with Crippen LogP contribution in [-0.2, 0) is 142 Å². The summed E-state index contributed by atoms with van der Waals surface area (Å²) in [5.74, 6) is 4.03. The number of rotatable bonds is 6. The van der Waals surface area contributed by atoms with E-state index in [2.05, 4.69) is 108 Å². The van der Waals surface area contributed by atoms with Crippen LogP contribution in [0.4, 0.5) is 0 Å². The summed E-state index contributed by atoms with van der Waals surface area (Å²) in [5, 5.41) is 38.2. The fraction of sp³-hybridized carbons (Fsp3) is 0.677. The number of nitrogens with zero attached hydrogens (tertiary/aromatic N) is 16. The molecule has 24 nitrogen and oxygen atoms in total. The summed E-state index contributed by atoms with van der Waals surface area (Å²) in [6.07, 6.45) is 23.8. The molecule has 94 heavy (non-hydrogen) atoms. The molecule has 6 aliphatic rings. The van der Waals surface area contributed by atoms with Crippen molar-refractivity contribution in [2.45, 2.75) is 218 Å². The van der Waals surface area contributed by atoms with E-state index < -0.39 is 0 Å². The van der Waals surface area contributed by atoms with Crippen LogP contribution < -0.4 is 22.2 Å². The molecule has 4 aliphatic heterocycles. The molecule has 32 heteroatoms. The van der Waals surface area contributed by atoms with Crippen LogP contribution in [0.1, 0.15) is 228 Å². The number of piperidine rings is 4. The van der Waals surface area contributed by atoms with Gasteiger partial charge in [-0.1, -0.05) is 64.2 Å². The fourth-order valence-corrected chi connectivity index (χ4v) is 13.3. The molecular formula is C62H88B4N20O4Y4-4. The number of aryl methyl sites for hydroxylation is 2. The SMILES string of the molecule is CC(C)(C)n1ncc2c(=O)[nH]c(C3CCC[N-]C3)nc21.Cc1nn(C(C)(C)C)c2nc(C3CCC[N-]C3)[nH]c(=O)c12.Cc1nn(C2CCCCC2)c2nc(C3CCC[N-]C3)[nH]c(=O)c12.O=c1[nH]c(C2CCC[N-]C2)nc2c1cnn2C1CCCCC1.[B].[B].[B].[B].[Y].[Y].[Y].[Y]. The van der Waals surface area contributed by atoms with Crippen molar-refractivity contribution in [1.29, 1.82) is 0 Å². The Kier molecular flexibility index (Phi) is 35.4. The topological polar surface area (TPSA) is 311 Å². The standard InChI is InChI=1S/C17H24N5O.C16H22N5O.C15H22N5O.C14H20N5O.4B.4Y/c1-11-14-16(22(21-11)13-7-3-2-4-8-13)19-15(20-17(14)23)12-6-5-9-18-10-12;22-16-13-10-18-21(12-6-2-1-3-7-12)15(13)19-14(20-16)11-5-4-8-17-9-11;1-9-11-13(20(19-9)15(2,3)4)17-12(18-14(11)21)10-6-5-7-16-8-10;1-14(2,3)19-12-10(8-16-19)13(20)18-11(17-12)9-5-4-6-15-7-9;;;;;;;;/h12-13H,2-10H2,1H3,(H,19,20,23);10-12H,1-9H2,(H,19,20,22);10H,5-8H2,1-4H3,(H,17,18,21);8-9H,4-7H2,1-3H3,(H,17,18,20);;;;;;;;/q4*-1;;;;;;;;. The Morgan fingerprint density at radius 2 is 0.734 bits per heavy atom. The third-order valence-electron chi connectivity index (χ3n) is 18.0. The van der Waals surface area contributed by atoms with Gasteiger partial charge in [0.2, 0.25) is 0 Å². The zero-order valence-corrected chi connectivity index (χ0v) is 67.8. The Hall–Kier alpha value is -2.08. The number of hydrogen-bond donors (Lipinski definition) is 4. The number of H-pyrrole nitrogens is 4. The van der Waals surface area contributed by atoms with Gasteiger partial charge in [0.1, 0.15) is 44.8 Å². The van der Waals surface area contributed by atoms with Gasteiger partial charge in [-0.3, -0.25) is 19.2 Å². The summed E-state index contributed by atoms with van der Waals surface area (Å²) in [4.78, 5) is 80.4. The van der Waals surface area contributed by atoms with E-state index in [0.717, 1.165) is 175 Å². The smallest absolute Gasteiger partial charge is 0.262 e. The van der Waals surface area contributed by atoms with Crippen molar-refractivity contribution < 1.29 is 131 Å². The van der Waals surface area contributed by atoms with Crippen molar-refractivity contribution in [3.05, 3.63) is 110 Å². The van der Waals surface area contributed by atoms with Gasteiger partial charge in [0.25, 0.3) is 22.2 Å². The van der Waals surface area contributed by atoms with Gasteiger partial charge in [0.15, 0.2) is 22.6 Å². The fourth-order valence-electron chi connectivity index (χ4n) is 13.3. The molecule has 4 N–H and O–H groups in total. The van der Waals surface area contributed by atoms with E-state index in [-0.39, 0.29) is 221 Å². The van der Waals surface area contributed by atoms with Gasteiger partial charge in [-0.05, 0) is 130 Å². The van der Waals surface area contributed by atoms with Crippen molar-refractivity contribution >= 4 is 77.8 Å². The van der Waals surface area contributed by atoms with E-state index in [4.69, 9.17) is 15.0 Å². The summed E-state index contributed by atoms with van der Waals surface area (Å²) in [6.45, 7) is 22.9. The predicted molar refractivity (Wildman–Crippen MR) is 360 cm³/mol. The van der Waals surface area contributed by atoms with Gasteiger partial charge in [0.05, 0.1) is 46.9 Å². The molecule has 14 rings (SSSR count). The minimum Gasteiger partial charge on any atom is -0.662 e. The second kappa shape index (κ2) is 38.6. The number of fused-ring (bicyclic) bond motifs is 4. The average Bonchev–Trinajstić information content (AvgIpc) is 1.62. The summed E-state index contributed by atoms with van der Waals surface area (Å²) in [7, 11) is 0. The maximum absolute atomic E-state index is 12.6. The molecule has 6 fully saturated rings.